The molecule has 8 aromatic rings. The number of benzene rings is 5. The minimum Gasteiger partial charge on any atom is -0.346 e. The first kappa shape index (κ1) is 31.9. The van der Waals surface area contributed by atoms with Crippen molar-refractivity contribution >= 4 is 59.3 Å². The molecule has 236 valence electrons. The van der Waals surface area contributed by atoms with E-state index in [1.807, 2.05) is 48.0 Å². The predicted octanol–water partition coefficient (Wildman–Crippen LogP) is 12.0. The second-order valence-corrected chi connectivity index (χ2v) is 14.2. The molecule has 0 spiro atoms. The monoisotopic (exact) mass is 818 g/mol. The van der Waals surface area contributed by atoms with Crippen LogP contribution in [0.4, 0.5) is 17.1 Å². The summed E-state index contributed by atoms with van der Waals surface area (Å²) in [6.07, 6.45) is 4.80. The van der Waals surface area contributed by atoms with E-state index in [2.05, 4.69) is 140 Å². The minimum absolute atomic E-state index is 0. The third-order valence-electron chi connectivity index (χ3n) is 8.47. The number of thiophene rings is 1. The van der Waals surface area contributed by atoms with Crippen LogP contribution in [0.3, 0.4) is 0 Å². The Labute approximate surface area is 300 Å². The molecule has 0 saturated heterocycles. The Morgan fingerprint density at radius 3 is 2.10 bits per heavy atom. The third kappa shape index (κ3) is 6.07. The van der Waals surface area contributed by atoms with Gasteiger partial charge in [0.2, 0.25) is 0 Å². The van der Waals surface area contributed by atoms with Gasteiger partial charge in [-0.3, -0.25) is 0 Å². The van der Waals surface area contributed by atoms with E-state index >= 15 is 0 Å². The quantitative estimate of drug-likeness (QED) is 0.157. The number of aromatic nitrogens is 2. The molecule has 0 amide bonds. The summed E-state index contributed by atoms with van der Waals surface area (Å²) in [5, 5.41) is 5.20. The first-order chi connectivity index (χ1) is 22.9. The van der Waals surface area contributed by atoms with Crippen molar-refractivity contribution < 1.29 is 21.1 Å². The van der Waals surface area contributed by atoms with Crippen LogP contribution in [-0.4, -0.2) is 9.97 Å². The fourth-order valence-corrected chi connectivity index (χ4v) is 7.73. The number of hydrogen-bond acceptors (Lipinski definition) is 4. The standard InChI is InChI=1S/C43H33N3S.Pt/c1-43(2,3)28-31-14-11-19-36-35(31)21-22-39-40(36)37-23-25-45-41(42(37)47-39)30-13-10-18-34(27-30)46(32-15-5-4-6-16-32)33-17-9-12-29(26-33)38-20-7-8-24-44-38;/h4-25H,28H2,1-3H3;/q-2;+2. The van der Waals surface area contributed by atoms with E-state index in [0.717, 1.165) is 46.0 Å². The van der Waals surface area contributed by atoms with E-state index in [1.165, 1.54) is 36.5 Å². The van der Waals surface area contributed by atoms with Crippen LogP contribution >= 0.6 is 11.3 Å². The van der Waals surface area contributed by atoms with Crippen LogP contribution in [0.1, 0.15) is 26.3 Å². The van der Waals surface area contributed by atoms with Crippen molar-refractivity contribution in [3.8, 4) is 22.5 Å². The molecule has 0 aliphatic heterocycles. The SMILES string of the molecule is CC(C)(C)Cc1cccc2c1ccc1sc3c(-c4[c-]c(N(c5[c-]c(-c6ccccn6)ccc5)c5ccccc5)ccc4)nccc3c12.[Pt+2]. The van der Waals surface area contributed by atoms with Gasteiger partial charge < -0.3 is 14.9 Å². The van der Waals surface area contributed by atoms with Gasteiger partial charge in [0.15, 0.2) is 0 Å². The van der Waals surface area contributed by atoms with Crippen LogP contribution < -0.4 is 4.90 Å². The zero-order valence-electron chi connectivity index (χ0n) is 27.0. The fourth-order valence-electron chi connectivity index (χ4n) is 6.51. The number of nitrogens with zero attached hydrogens (tertiary/aromatic N) is 3. The fraction of sp³-hybridized carbons (Fsp3) is 0.116. The van der Waals surface area contributed by atoms with Crippen LogP contribution in [0.2, 0.25) is 0 Å². The minimum atomic E-state index is 0. The van der Waals surface area contributed by atoms with Gasteiger partial charge in [0.25, 0.3) is 0 Å². The molecular formula is C43H33N3PtS. The molecule has 0 N–H and O–H groups in total. The molecule has 5 heteroatoms. The van der Waals surface area contributed by atoms with Crippen molar-refractivity contribution in [2.75, 3.05) is 4.90 Å². The zero-order valence-corrected chi connectivity index (χ0v) is 30.1. The van der Waals surface area contributed by atoms with E-state index in [4.69, 9.17) is 4.98 Å². The summed E-state index contributed by atoms with van der Waals surface area (Å²) in [7, 11) is 0. The van der Waals surface area contributed by atoms with Crippen molar-refractivity contribution in [2.45, 2.75) is 27.2 Å². The van der Waals surface area contributed by atoms with Gasteiger partial charge in [-0.25, -0.2) is 0 Å². The van der Waals surface area contributed by atoms with E-state index in [9.17, 15) is 0 Å². The molecule has 3 nitrogen and oxygen atoms in total. The van der Waals surface area contributed by atoms with Crippen molar-refractivity contribution in [2.24, 2.45) is 5.41 Å². The van der Waals surface area contributed by atoms with Gasteiger partial charge in [-0.1, -0.05) is 75.4 Å². The van der Waals surface area contributed by atoms with Gasteiger partial charge in [-0.05, 0) is 81.0 Å². The summed E-state index contributed by atoms with van der Waals surface area (Å²) >= 11 is 1.81. The third-order valence-corrected chi connectivity index (χ3v) is 9.65. The average Bonchev–Trinajstić information content (AvgIpc) is 3.49. The summed E-state index contributed by atoms with van der Waals surface area (Å²) in [6.45, 7) is 6.92. The predicted molar refractivity (Wildman–Crippen MR) is 199 cm³/mol. The largest absolute Gasteiger partial charge is 2.00 e. The summed E-state index contributed by atoms with van der Waals surface area (Å²) in [6, 6.07) is 49.8. The van der Waals surface area contributed by atoms with E-state index in [0.29, 0.717) is 0 Å². The van der Waals surface area contributed by atoms with E-state index in [1.54, 1.807) is 0 Å². The molecule has 3 heterocycles. The summed E-state index contributed by atoms with van der Waals surface area (Å²) < 4.78 is 2.46. The zero-order chi connectivity index (χ0) is 32.0. The van der Waals surface area contributed by atoms with Crippen molar-refractivity contribution in [3.05, 3.63) is 151 Å². The number of rotatable bonds is 6. The summed E-state index contributed by atoms with van der Waals surface area (Å²) in [4.78, 5) is 11.7. The van der Waals surface area contributed by atoms with Crippen LogP contribution in [0.25, 0.3) is 53.5 Å². The van der Waals surface area contributed by atoms with Gasteiger partial charge in [-0.2, -0.15) is 0 Å². The Bertz CT molecular complexity index is 2380. The Hall–Kier alpha value is -4.63. The second kappa shape index (κ2) is 13.1. The van der Waals surface area contributed by atoms with Gasteiger partial charge in [0.1, 0.15) is 0 Å². The smallest absolute Gasteiger partial charge is 0.346 e. The Morgan fingerprint density at radius 1 is 0.625 bits per heavy atom. The first-order valence-corrected chi connectivity index (χ1v) is 16.8. The molecular weight excluding hydrogens is 786 g/mol. The average molecular weight is 819 g/mol. The van der Waals surface area contributed by atoms with Gasteiger partial charge >= 0.3 is 21.1 Å². The van der Waals surface area contributed by atoms with Crippen molar-refractivity contribution in [1.82, 2.24) is 9.97 Å². The molecule has 0 radical (unpaired) electrons. The van der Waals surface area contributed by atoms with Crippen LogP contribution in [0.15, 0.2) is 134 Å². The molecule has 8 rings (SSSR count). The molecule has 0 fully saturated rings. The van der Waals surface area contributed by atoms with E-state index < -0.39 is 0 Å². The topological polar surface area (TPSA) is 29.0 Å². The number of anilines is 3. The normalized spacial score (nSPS) is 11.6. The molecule has 48 heavy (non-hydrogen) atoms. The van der Waals surface area contributed by atoms with Gasteiger partial charge in [0, 0.05) is 38.6 Å². The Kier molecular flexibility index (Phi) is 8.72. The number of hydrogen-bond donors (Lipinski definition) is 0. The molecule has 0 saturated carbocycles. The van der Waals surface area contributed by atoms with Crippen LogP contribution in [0.5, 0.6) is 0 Å². The maximum Gasteiger partial charge on any atom is 2.00 e. The summed E-state index contributed by atoms with van der Waals surface area (Å²) in [5.41, 5.74) is 8.20. The van der Waals surface area contributed by atoms with Crippen LogP contribution in [0, 0.1) is 17.5 Å². The van der Waals surface area contributed by atoms with Gasteiger partial charge in [0.05, 0.1) is 0 Å². The first-order valence-electron chi connectivity index (χ1n) is 16.0. The second-order valence-electron chi connectivity index (χ2n) is 13.1. The summed E-state index contributed by atoms with van der Waals surface area (Å²) in [5.74, 6) is 0. The molecule has 0 atom stereocenters. The maximum absolute atomic E-state index is 4.96. The van der Waals surface area contributed by atoms with Gasteiger partial charge in [-0.15, -0.1) is 71.0 Å². The Morgan fingerprint density at radius 2 is 1.35 bits per heavy atom. The molecule has 0 aliphatic carbocycles. The molecule has 5 aromatic carbocycles. The van der Waals surface area contributed by atoms with Crippen LogP contribution in [-0.2, 0) is 27.5 Å². The molecule has 0 bridgehead atoms. The number of fused-ring (bicyclic) bond motifs is 5. The molecule has 3 aromatic heterocycles. The van der Waals surface area contributed by atoms with Crippen molar-refractivity contribution in [3.63, 3.8) is 0 Å². The molecule has 0 aliphatic rings. The maximum atomic E-state index is 4.96. The van der Waals surface area contributed by atoms with E-state index in [-0.39, 0.29) is 26.5 Å². The molecule has 0 unspecified atom stereocenters. The Balaban J connectivity index is 0.00000364. The number of para-hydroxylation sites is 1. The number of pyridine rings is 2. The van der Waals surface area contributed by atoms with Crippen molar-refractivity contribution in [1.29, 1.82) is 0 Å².